The van der Waals surface area contributed by atoms with Crippen LogP contribution in [0.1, 0.15) is 81.6 Å². The predicted octanol–water partition coefficient (Wildman–Crippen LogP) is 5.23. The third-order valence-corrected chi connectivity index (χ3v) is 5.46. The fraction of sp³-hybridized carbons (Fsp3) is 1.00. The van der Waals surface area contributed by atoms with Crippen LogP contribution in [0.25, 0.3) is 0 Å². The lowest BCUT2D eigenvalue weighted by Crippen LogP contribution is -2.40. The van der Waals surface area contributed by atoms with Crippen LogP contribution < -0.4 is 0 Å². The van der Waals surface area contributed by atoms with Crippen molar-refractivity contribution in [2.24, 2.45) is 5.92 Å². The maximum absolute atomic E-state index is 6.20. The number of rotatable bonds is 13. The van der Waals surface area contributed by atoms with Crippen molar-refractivity contribution in [2.45, 2.75) is 104 Å². The molecule has 0 amide bonds. The van der Waals surface area contributed by atoms with E-state index in [1.54, 1.807) is 14.2 Å². The van der Waals surface area contributed by atoms with Crippen LogP contribution in [-0.4, -0.2) is 49.8 Å². The summed E-state index contributed by atoms with van der Waals surface area (Å²) in [6, 6.07) is 0. The van der Waals surface area contributed by atoms with Gasteiger partial charge in [0.05, 0.1) is 35.6 Å². The van der Waals surface area contributed by atoms with Crippen molar-refractivity contribution in [3.63, 3.8) is 0 Å². The second kappa shape index (κ2) is 9.68. The molecule has 0 aromatic carbocycles. The maximum Gasteiger partial charge on any atom is 0.0652 e. The van der Waals surface area contributed by atoms with Gasteiger partial charge in [0.15, 0.2) is 0 Å². The molecule has 4 nitrogen and oxygen atoms in total. The number of ether oxygens (including phenoxy) is 4. The van der Waals surface area contributed by atoms with Crippen LogP contribution in [-0.2, 0) is 18.9 Å². The van der Waals surface area contributed by atoms with Gasteiger partial charge < -0.3 is 18.9 Å². The van der Waals surface area contributed by atoms with E-state index in [1.165, 1.54) is 0 Å². The van der Waals surface area contributed by atoms with Crippen LogP contribution in [0, 0.1) is 5.92 Å². The molecule has 25 heavy (non-hydrogen) atoms. The van der Waals surface area contributed by atoms with Gasteiger partial charge in [0.25, 0.3) is 0 Å². The van der Waals surface area contributed by atoms with Crippen LogP contribution in [0.4, 0.5) is 0 Å². The predicted molar refractivity (Wildman–Crippen MR) is 105 cm³/mol. The normalized spacial score (nSPS) is 15.5. The lowest BCUT2D eigenvalue weighted by Gasteiger charge is -2.38. The van der Waals surface area contributed by atoms with Gasteiger partial charge in [-0.25, -0.2) is 0 Å². The first-order valence-electron chi connectivity index (χ1n) is 9.55. The summed E-state index contributed by atoms with van der Waals surface area (Å²) in [5, 5.41) is 0. The first kappa shape index (κ1) is 24.8. The summed E-state index contributed by atoms with van der Waals surface area (Å²) in [7, 11) is 3.50. The van der Waals surface area contributed by atoms with Gasteiger partial charge >= 0.3 is 0 Å². The summed E-state index contributed by atoms with van der Waals surface area (Å²) in [4.78, 5) is 0. The highest BCUT2D eigenvalue weighted by molar-refractivity contribution is 4.83. The van der Waals surface area contributed by atoms with E-state index in [9.17, 15) is 0 Å². The molecule has 0 aliphatic heterocycles. The van der Waals surface area contributed by atoms with E-state index >= 15 is 0 Å². The Labute approximate surface area is 156 Å². The van der Waals surface area contributed by atoms with Crippen LogP contribution >= 0.6 is 0 Å². The van der Waals surface area contributed by atoms with Gasteiger partial charge in [0.1, 0.15) is 0 Å². The van der Waals surface area contributed by atoms with Gasteiger partial charge in [-0.3, -0.25) is 0 Å². The van der Waals surface area contributed by atoms with Gasteiger partial charge in [-0.1, -0.05) is 6.92 Å². The molecule has 152 valence electrons. The van der Waals surface area contributed by atoms with Crippen molar-refractivity contribution in [1.29, 1.82) is 0 Å². The summed E-state index contributed by atoms with van der Waals surface area (Å²) in [5.41, 5.74) is -0.667. The van der Waals surface area contributed by atoms with Crippen molar-refractivity contribution < 1.29 is 18.9 Å². The molecule has 1 atom stereocenters. The third-order valence-electron chi connectivity index (χ3n) is 5.46. The van der Waals surface area contributed by atoms with E-state index in [0.29, 0.717) is 19.1 Å². The van der Waals surface area contributed by atoms with Crippen LogP contribution in [0.15, 0.2) is 0 Å². The Kier molecular flexibility index (Phi) is 9.62. The van der Waals surface area contributed by atoms with Crippen molar-refractivity contribution >= 4 is 0 Å². The minimum absolute atomic E-state index is 0.141. The highest BCUT2D eigenvalue weighted by Crippen LogP contribution is 2.31. The van der Waals surface area contributed by atoms with Gasteiger partial charge in [0, 0.05) is 14.2 Å². The summed E-state index contributed by atoms with van der Waals surface area (Å²) >= 11 is 0. The highest BCUT2D eigenvalue weighted by atomic mass is 16.5. The van der Waals surface area contributed by atoms with Crippen LogP contribution in [0.2, 0.25) is 0 Å². The number of hydrogen-bond acceptors (Lipinski definition) is 4. The Morgan fingerprint density at radius 2 is 1.04 bits per heavy atom. The minimum Gasteiger partial charge on any atom is -0.379 e. The molecular formula is C21H44O4. The van der Waals surface area contributed by atoms with E-state index in [-0.39, 0.29) is 22.4 Å². The highest BCUT2D eigenvalue weighted by Gasteiger charge is 2.33. The average molecular weight is 361 g/mol. The molecule has 0 fully saturated rings. The van der Waals surface area contributed by atoms with Gasteiger partial charge in [-0.15, -0.1) is 0 Å². The molecule has 0 saturated carbocycles. The van der Waals surface area contributed by atoms with Crippen molar-refractivity contribution in [1.82, 2.24) is 0 Å². The molecule has 0 aliphatic carbocycles. The molecule has 0 aromatic heterocycles. The summed E-state index contributed by atoms with van der Waals surface area (Å²) in [6.07, 6.45) is 2.71. The second-order valence-electron chi connectivity index (χ2n) is 9.59. The molecule has 0 rings (SSSR count). The van der Waals surface area contributed by atoms with E-state index < -0.39 is 0 Å². The van der Waals surface area contributed by atoms with Crippen molar-refractivity contribution in [3.8, 4) is 0 Å². The topological polar surface area (TPSA) is 36.9 Å². The summed E-state index contributed by atoms with van der Waals surface area (Å²) in [6.45, 7) is 20.6. The molecule has 0 N–H and O–H groups in total. The minimum atomic E-state index is -0.198. The first-order chi connectivity index (χ1) is 11.2. The average Bonchev–Trinajstić information content (AvgIpc) is 2.45. The Morgan fingerprint density at radius 3 is 1.44 bits per heavy atom. The third kappa shape index (κ3) is 10.5. The zero-order valence-corrected chi connectivity index (χ0v) is 18.7. The molecule has 0 heterocycles. The number of hydrogen-bond donors (Lipinski definition) is 0. The van der Waals surface area contributed by atoms with E-state index in [0.717, 1.165) is 19.3 Å². The molecule has 0 bridgehead atoms. The largest absolute Gasteiger partial charge is 0.379 e. The Morgan fingerprint density at radius 1 is 0.640 bits per heavy atom. The van der Waals surface area contributed by atoms with Gasteiger partial charge in [-0.05, 0) is 80.6 Å². The maximum atomic E-state index is 6.20. The molecule has 4 heteroatoms. The zero-order valence-electron chi connectivity index (χ0n) is 18.7. The molecular weight excluding hydrogens is 316 g/mol. The Bertz CT molecular complexity index is 372. The van der Waals surface area contributed by atoms with Crippen LogP contribution in [0.5, 0.6) is 0 Å². The Hall–Kier alpha value is -0.160. The van der Waals surface area contributed by atoms with E-state index in [2.05, 4.69) is 62.3 Å². The quantitative estimate of drug-likeness (QED) is 0.450. The molecule has 0 saturated heterocycles. The molecule has 1 unspecified atom stereocenters. The van der Waals surface area contributed by atoms with Crippen LogP contribution in [0.3, 0.4) is 0 Å². The standard InChI is InChI=1S/C21H44O4/c1-17(21(8,9)25-15-13-19(4,5)23-11)16-20(6,7)24-14-12-18(2,3)22-10/h17H,12-16H2,1-11H3. The van der Waals surface area contributed by atoms with Crippen molar-refractivity contribution in [3.05, 3.63) is 0 Å². The molecule has 0 radical (unpaired) electrons. The second-order valence-corrected chi connectivity index (χ2v) is 9.59. The van der Waals surface area contributed by atoms with Crippen molar-refractivity contribution in [2.75, 3.05) is 27.4 Å². The van der Waals surface area contributed by atoms with Gasteiger partial charge in [0.2, 0.25) is 0 Å². The monoisotopic (exact) mass is 360 g/mol. The molecule has 0 spiro atoms. The fourth-order valence-electron chi connectivity index (χ4n) is 2.52. The Balaban J connectivity index is 4.43. The molecule has 0 aromatic rings. The van der Waals surface area contributed by atoms with Gasteiger partial charge in [-0.2, -0.15) is 0 Å². The summed E-state index contributed by atoms with van der Waals surface area (Å²) in [5.74, 6) is 0.378. The first-order valence-corrected chi connectivity index (χ1v) is 9.55. The van der Waals surface area contributed by atoms with E-state index in [1.807, 2.05) is 0 Å². The lowest BCUT2D eigenvalue weighted by atomic mass is 9.83. The summed E-state index contributed by atoms with van der Waals surface area (Å²) < 4.78 is 23.3. The zero-order chi connectivity index (χ0) is 19.9. The number of methoxy groups -OCH3 is 2. The lowest BCUT2D eigenvalue weighted by molar-refractivity contribution is -0.111. The molecule has 0 aliphatic rings. The van der Waals surface area contributed by atoms with E-state index in [4.69, 9.17) is 18.9 Å². The smallest absolute Gasteiger partial charge is 0.0652 e. The SMILES string of the molecule is COC(C)(C)CCOC(C)(C)CC(C)C(C)(C)OCCC(C)(C)OC. The fourth-order valence-corrected chi connectivity index (χ4v) is 2.52.